The molecule has 0 atom stereocenters. The van der Waals surface area contributed by atoms with Gasteiger partial charge < -0.3 is 10.1 Å². The van der Waals surface area contributed by atoms with Crippen LogP contribution in [0.15, 0.2) is 41.4 Å². The van der Waals surface area contributed by atoms with E-state index < -0.39 is 5.97 Å². The van der Waals surface area contributed by atoms with Crippen LogP contribution in [0.4, 0.5) is 0 Å². The van der Waals surface area contributed by atoms with E-state index in [-0.39, 0.29) is 5.56 Å². The smallest absolute Gasteiger partial charge is 0.337 e. The Morgan fingerprint density at radius 3 is 2.90 bits per heavy atom. The van der Waals surface area contributed by atoms with Crippen LogP contribution in [0.2, 0.25) is 0 Å². The molecule has 2 aromatic heterocycles. The van der Waals surface area contributed by atoms with Gasteiger partial charge in [0.2, 0.25) is 0 Å². The molecule has 3 aromatic rings. The first-order chi connectivity index (χ1) is 9.69. The summed E-state index contributed by atoms with van der Waals surface area (Å²) in [5, 5.41) is 8.97. The highest BCUT2D eigenvalue weighted by Crippen LogP contribution is 2.29. The molecule has 2 heterocycles. The molecule has 0 saturated heterocycles. The molecule has 0 saturated carbocycles. The Morgan fingerprint density at radius 2 is 2.15 bits per heavy atom. The molecular weight excluding hydrogens is 274 g/mol. The number of benzene rings is 1. The lowest BCUT2D eigenvalue weighted by Gasteiger charge is -2.02. The van der Waals surface area contributed by atoms with Crippen LogP contribution in [0.3, 0.4) is 0 Å². The number of carbonyl (C=O) groups is 1. The number of aromatic nitrogens is 3. The van der Waals surface area contributed by atoms with Crippen LogP contribution in [0, 0.1) is 0 Å². The third-order valence-electron chi connectivity index (χ3n) is 2.95. The summed E-state index contributed by atoms with van der Waals surface area (Å²) in [6, 6.07) is 9.45. The molecule has 0 unspecified atom stereocenters. The highest BCUT2D eigenvalue weighted by Gasteiger charge is 2.12. The number of rotatable bonds is 3. The number of nitrogens with one attached hydrogen (secondary N) is 1. The van der Waals surface area contributed by atoms with Crippen molar-refractivity contribution in [3.63, 3.8) is 0 Å². The Bertz CT molecular complexity index is 798. The molecule has 5 nitrogen and oxygen atoms in total. The van der Waals surface area contributed by atoms with Gasteiger partial charge in [0.05, 0.1) is 11.1 Å². The van der Waals surface area contributed by atoms with Gasteiger partial charge in [-0.15, -0.1) is 11.8 Å². The van der Waals surface area contributed by atoms with E-state index in [0.717, 1.165) is 10.5 Å². The highest BCUT2D eigenvalue weighted by atomic mass is 32.2. The van der Waals surface area contributed by atoms with E-state index in [9.17, 15) is 4.79 Å². The van der Waals surface area contributed by atoms with Gasteiger partial charge in [0, 0.05) is 16.7 Å². The molecule has 0 radical (unpaired) electrons. The molecule has 0 amide bonds. The van der Waals surface area contributed by atoms with E-state index in [4.69, 9.17) is 5.11 Å². The third kappa shape index (κ3) is 2.14. The minimum absolute atomic E-state index is 0.144. The summed E-state index contributed by atoms with van der Waals surface area (Å²) in [6.45, 7) is 0. The molecule has 0 aliphatic heterocycles. The van der Waals surface area contributed by atoms with Crippen LogP contribution in [0.25, 0.3) is 22.6 Å². The minimum Gasteiger partial charge on any atom is -0.478 e. The van der Waals surface area contributed by atoms with Crippen molar-refractivity contribution in [3.05, 3.63) is 42.1 Å². The average Bonchev–Trinajstić information content (AvgIpc) is 2.89. The van der Waals surface area contributed by atoms with Gasteiger partial charge in [-0.2, -0.15) is 0 Å². The first kappa shape index (κ1) is 12.7. The fourth-order valence-electron chi connectivity index (χ4n) is 1.98. The van der Waals surface area contributed by atoms with Crippen molar-refractivity contribution in [1.29, 1.82) is 0 Å². The number of nitrogens with zero attached hydrogens (tertiary/aromatic N) is 2. The monoisotopic (exact) mass is 285 g/mol. The van der Waals surface area contributed by atoms with E-state index in [1.165, 1.54) is 6.20 Å². The van der Waals surface area contributed by atoms with Gasteiger partial charge in [0.25, 0.3) is 0 Å². The second-order valence-corrected chi connectivity index (χ2v) is 5.03. The van der Waals surface area contributed by atoms with Gasteiger partial charge in [-0.25, -0.2) is 14.8 Å². The number of aromatic carboxylic acids is 1. The van der Waals surface area contributed by atoms with Crippen LogP contribution in [0.5, 0.6) is 0 Å². The summed E-state index contributed by atoms with van der Waals surface area (Å²) in [4.78, 5) is 23.7. The number of hydrogen-bond donors (Lipinski definition) is 2. The topological polar surface area (TPSA) is 78.9 Å². The Hall–Kier alpha value is -2.34. The SMILES string of the molecule is CSc1ccccc1-c1nc2ncc(C(=O)O)cc2[nH]1. The molecule has 6 heteroatoms. The standard InChI is InChI=1S/C14H11N3O2S/c1-20-11-5-3-2-4-9(11)12-16-10-6-8(14(18)19)7-15-13(10)17-12/h2-7H,1H3,(H,18,19)(H,15,16,17). The largest absolute Gasteiger partial charge is 0.478 e. The van der Waals surface area contributed by atoms with Crippen LogP contribution in [0.1, 0.15) is 10.4 Å². The quantitative estimate of drug-likeness (QED) is 0.723. The van der Waals surface area contributed by atoms with Crippen LogP contribution in [-0.4, -0.2) is 32.3 Å². The molecular formula is C14H11N3O2S. The van der Waals surface area contributed by atoms with Crippen LogP contribution >= 0.6 is 11.8 Å². The number of aromatic amines is 1. The van der Waals surface area contributed by atoms with Crippen molar-refractivity contribution in [2.45, 2.75) is 4.90 Å². The number of carboxylic acids is 1. The summed E-state index contributed by atoms with van der Waals surface area (Å²) < 4.78 is 0. The van der Waals surface area contributed by atoms with Gasteiger partial charge >= 0.3 is 5.97 Å². The van der Waals surface area contributed by atoms with E-state index in [1.807, 2.05) is 30.5 Å². The summed E-state index contributed by atoms with van der Waals surface area (Å²) in [5.74, 6) is -0.306. The lowest BCUT2D eigenvalue weighted by molar-refractivity contribution is 0.0696. The summed E-state index contributed by atoms with van der Waals surface area (Å²) in [6.07, 6.45) is 3.32. The number of hydrogen-bond acceptors (Lipinski definition) is 4. The van der Waals surface area contributed by atoms with Crippen molar-refractivity contribution in [3.8, 4) is 11.4 Å². The van der Waals surface area contributed by atoms with Crippen LogP contribution < -0.4 is 0 Å². The number of thioether (sulfide) groups is 1. The molecule has 0 bridgehead atoms. The lowest BCUT2D eigenvalue weighted by Crippen LogP contribution is -1.96. The Morgan fingerprint density at radius 1 is 1.35 bits per heavy atom. The lowest BCUT2D eigenvalue weighted by atomic mass is 10.2. The second kappa shape index (κ2) is 4.97. The first-order valence-electron chi connectivity index (χ1n) is 5.91. The average molecular weight is 285 g/mol. The van der Waals surface area contributed by atoms with Crippen molar-refractivity contribution in [2.24, 2.45) is 0 Å². The summed E-state index contributed by atoms with van der Waals surface area (Å²) >= 11 is 1.63. The number of imidazole rings is 1. The molecule has 0 fully saturated rings. The van der Waals surface area contributed by atoms with E-state index >= 15 is 0 Å². The van der Waals surface area contributed by atoms with Gasteiger partial charge in [-0.1, -0.05) is 18.2 Å². The summed E-state index contributed by atoms with van der Waals surface area (Å²) in [5.41, 5.74) is 2.26. The van der Waals surface area contributed by atoms with Crippen molar-refractivity contribution in [1.82, 2.24) is 15.0 Å². The highest BCUT2D eigenvalue weighted by molar-refractivity contribution is 7.98. The summed E-state index contributed by atoms with van der Waals surface area (Å²) in [7, 11) is 0. The maximum absolute atomic E-state index is 10.9. The zero-order valence-corrected chi connectivity index (χ0v) is 11.4. The molecule has 2 N–H and O–H groups in total. The maximum atomic E-state index is 10.9. The van der Waals surface area contributed by atoms with E-state index in [1.54, 1.807) is 17.8 Å². The van der Waals surface area contributed by atoms with E-state index in [2.05, 4.69) is 15.0 Å². The normalized spacial score (nSPS) is 10.8. The number of H-pyrrole nitrogens is 1. The predicted octanol–water partition coefficient (Wildman–Crippen LogP) is 3.05. The molecule has 100 valence electrons. The maximum Gasteiger partial charge on any atom is 0.337 e. The van der Waals surface area contributed by atoms with Crippen LogP contribution in [-0.2, 0) is 0 Å². The number of carboxylic acid groups (broad SMARTS) is 1. The fourth-order valence-corrected chi connectivity index (χ4v) is 2.58. The van der Waals surface area contributed by atoms with Crippen molar-refractivity contribution < 1.29 is 9.90 Å². The van der Waals surface area contributed by atoms with Gasteiger partial charge in [0.1, 0.15) is 5.82 Å². The second-order valence-electron chi connectivity index (χ2n) is 4.19. The van der Waals surface area contributed by atoms with Crippen molar-refractivity contribution >= 4 is 28.9 Å². The molecule has 3 rings (SSSR count). The molecule has 0 spiro atoms. The van der Waals surface area contributed by atoms with Gasteiger partial charge in [-0.05, 0) is 18.4 Å². The minimum atomic E-state index is -1.000. The molecule has 20 heavy (non-hydrogen) atoms. The fraction of sp³-hybridized carbons (Fsp3) is 0.0714. The number of pyridine rings is 1. The molecule has 1 aromatic carbocycles. The Kier molecular flexibility index (Phi) is 3.15. The zero-order valence-electron chi connectivity index (χ0n) is 10.6. The zero-order chi connectivity index (χ0) is 14.1. The Balaban J connectivity index is 2.15. The van der Waals surface area contributed by atoms with Gasteiger partial charge in [-0.3, -0.25) is 0 Å². The Labute approximate surface area is 119 Å². The predicted molar refractivity (Wildman–Crippen MR) is 78.1 cm³/mol. The first-order valence-corrected chi connectivity index (χ1v) is 7.14. The number of fused-ring (bicyclic) bond motifs is 1. The van der Waals surface area contributed by atoms with E-state index in [0.29, 0.717) is 17.0 Å². The van der Waals surface area contributed by atoms with Gasteiger partial charge in [0.15, 0.2) is 5.65 Å². The third-order valence-corrected chi connectivity index (χ3v) is 3.74. The molecule has 0 aliphatic rings. The van der Waals surface area contributed by atoms with Crippen molar-refractivity contribution in [2.75, 3.05) is 6.26 Å². The molecule has 0 aliphatic carbocycles.